The molecule has 1 aliphatic rings. The van der Waals surface area contributed by atoms with Gasteiger partial charge in [-0.05, 0) is 71.9 Å². The van der Waals surface area contributed by atoms with Crippen molar-refractivity contribution in [1.82, 2.24) is 9.62 Å². The van der Waals surface area contributed by atoms with Crippen LogP contribution < -0.4 is 4.72 Å². The Morgan fingerprint density at radius 1 is 1.21 bits per heavy atom. The van der Waals surface area contributed by atoms with E-state index < -0.39 is 17.0 Å². The predicted molar refractivity (Wildman–Crippen MR) is 118 cm³/mol. The van der Waals surface area contributed by atoms with Crippen LogP contribution in [0.3, 0.4) is 0 Å². The minimum Gasteiger partial charge on any atom is -0.598 e. The first-order valence-electron chi connectivity index (χ1n) is 9.79. The molecule has 0 radical (unpaired) electrons. The third kappa shape index (κ3) is 6.65. The van der Waals surface area contributed by atoms with Crippen LogP contribution in [0, 0.1) is 5.92 Å². The first-order chi connectivity index (χ1) is 12.9. The van der Waals surface area contributed by atoms with E-state index in [4.69, 9.17) is 4.74 Å². The fourth-order valence-corrected chi connectivity index (χ4v) is 4.61. The molecule has 1 fully saturated rings. The molecule has 7 heteroatoms. The van der Waals surface area contributed by atoms with E-state index in [1.54, 1.807) is 4.90 Å². The molecule has 0 bridgehead atoms. The Balaban J connectivity index is 2.13. The third-order valence-electron chi connectivity index (χ3n) is 4.69. The van der Waals surface area contributed by atoms with Gasteiger partial charge in [-0.3, -0.25) is 0 Å². The maximum absolute atomic E-state index is 12.8. The van der Waals surface area contributed by atoms with E-state index in [2.05, 4.69) is 26.7 Å². The second-order valence-corrected chi connectivity index (χ2v) is 12.2. The molecule has 2 atom stereocenters. The van der Waals surface area contributed by atoms with Crippen LogP contribution in [0.2, 0.25) is 0 Å². The Bertz CT molecular complexity index is 664. The van der Waals surface area contributed by atoms with E-state index >= 15 is 0 Å². The summed E-state index contributed by atoms with van der Waals surface area (Å²) in [5, 5.41) is 0. The Kier molecular flexibility index (Phi) is 7.87. The highest BCUT2D eigenvalue weighted by Crippen LogP contribution is 2.36. The van der Waals surface area contributed by atoms with Gasteiger partial charge in [-0.1, -0.05) is 34.1 Å². The lowest BCUT2D eigenvalue weighted by Crippen LogP contribution is -2.47. The van der Waals surface area contributed by atoms with Crippen molar-refractivity contribution in [3.05, 3.63) is 34.3 Å². The van der Waals surface area contributed by atoms with E-state index in [9.17, 15) is 9.35 Å². The molecule has 1 heterocycles. The van der Waals surface area contributed by atoms with Gasteiger partial charge in [-0.2, -0.15) is 0 Å². The van der Waals surface area contributed by atoms with E-state index in [0.717, 1.165) is 22.9 Å². The number of hydrogen-bond acceptors (Lipinski definition) is 4. The highest BCUT2D eigenvalue weighted by Gasteiger charge is 2.37. The lowest BCUT2D eigenvalue weighted by Gasteiger charge is -2.38. The topological polar surface area (TPSA) is 64.6 Å². The quantitative estimate of drug-likeness (QED) is 0.612. The van der Waals surface area contributed by atoms with Gasteiger partial charge >= 0.3 is 6.09 Å². The molecule has 0 aromatic heterocycles. The van der Waals surface area contributed by atoms with Crippen molar-refractivity contribution in [2.75, 3.05) is 13.1 Å². The maximum atomic E-state index is 12.8. The van der Waals surface area contributed by atoms with Gasteiger partial charge in [0.25, 0.3) is 0 Å². The Labute approximate surface area is 181 Å². The average Bonchev–Trinajstić information content (AvgIpc) is 2.58. The number of nitrogens with one attached hydrogen (secondary N) is 1. The molecule has 158 valence electrons. The van der Waals surface area contributed by atoms with Crippen LogP contribution in [-0.4, -0.2) is 39.0 Å². The van der Waals surface area contributed by atoms with Crippen LogP contribution in [0.4, 0.5) is 4.79 Å². The molecule has 1 saturated heterocycles. The lowest BCUT2D eigenvalue weighted by atomic mass is 9.86. The molecule has 1 aliphatic heterocycles. The lowest BCUT2D eigenvalue weighted by molar-refractivity contribution is 0.0172. The van der Waals surface area contributed by atoms with Crippen LogP contribution in [0.15, 0.2) is 28.7 Å². The SMILES string of the molecule is CC(C)(C)OC(=O)N1CCC([C@H](N[S@@+]([O-])C(C)(C)C)c2ccccc2Br)CC1. The van der Waals surface area contributed by atoms with E-state index in [-0.39, 0.29) is 22.8 Å². The first kappa shape index (κ1) is 23.5. The molecule has 0 unspecified atom stereocenters. The molecular formula is C21H33BrN2O3S. The Hall–Kier alpha value is -0.760. The number of carbonyl (C=O) groups excluding carboxylic acids is 1. The number of nitrogens with zero attached hydrogens (tertiary/aromatic N) is 1. The number of amides is 1. The summed E-state index contributed by atoms with van der Waals surface area (Å²) >= 11 is 2.46. The average molecular weight is 473 g/mol. The zero-order valence-corrected chi connectivity index (χ0v) is 20.2. The van der Waals surface area contributed by atoms with Crippen molar-refractivity contribution in [2.45, 2.75) is 70.8 Å². The second-order valence-electron chi connectivity index (χ2n) is 9.30. The van der Waals surface area contributed by atoms with Crippen molar-refractivity contribution >= 4 is 33.4 Å². The molecular weight excluding hydrogens is 440 g/mol. The van der Waals surface area contributed by atoms with Crippen molar-refractivity contribution in [3.63, 3.8) is 0 Å². The summed E-state index contributed by atoms with van der Waals surface area (Å²) in [5.41, 5.74) is 0.618. The monoisotopic (exact) mass is 472 g/mol. The minimum absolute atomic E-state index is 0.0450. The van der Waals surface area contributed by atoms with Gasteiger partial charge < -0.3 is 14.2 Å². The largest absolute Gasteiger partial charge is 0.598 e. The number of carbonyl (C=O) groups is 1. The molecule has 0 saturated carbocycles. The summed E-state index contributed by atoms with van der Waals surface area (Å²) in [6, 6.07) is 8.03. The van der Waals surface area contributed by atoms with Crippen LogP contribution in [0.25, 0.3) is 0 Å². The van der Waals surface area contributed by atoms with E-state index in [1.807, 2.05) is 59.7 Å². The zero-order valence-electron chi connectivity index (χ0n) is 17.8. The molecule has 28 heavy (non-hydrogen) atoms. The van der Waals surface area contributed by atoms with Gasteiger partial charge in [0.2, 0.25) is 0 Å². The van der Waals surface area contributed by atoms with Gasteiger partial charge in [0.1, 0.15) is 10.3 Å². The smallest absolute Gasteiger partial charge is 0.410 e. The molecule has 1 aromatic carbocycles. The molecule has 0 spiro atoms. The highest BCUT2D eigenvalue weighted by molar-refractivity contribution is 9.10. The van der Waals surface area contributed by atoms with Crippen molar-refractivity contribution < 1.29 is 14.1 Å². The van der Waals surface area contributed by atoms with Gasteiger partial charge in [0.05, 0.1) is 6.04 Å². The van der Waals surface area contributed by atoms with Crippen molar-refractivity contribution in [2.24, 2.45) is 5.92 Å². The first-order valence-corrected chi connectivity index (χ1v) is 11.7. The molecule has 2 rings (SSSR count). The number of halogens is 1. The van der Waals surface area contributed by atoms with Crippen molar-refractivity contribution in [1.29, 1.82) is 0 Å². The maximum Gasteiger partial charge on any atom is 0.410 e. The Morgan fingerprint density at radius 3 is 2.29 bits per heavy atom. The summed E-state index contributed by atoms with van der Waals surface area (Å²) in [4.78, 5) is 14.1. The van der Waals surface area contributed by atoms with Gasteiger partial charge in [0, 0.05) is 28.9 Å². The van der Waals surface area contributed by atoms with Gasteiger partial charge in [-0.25, -0.2) is 4.79 Å². The van der Waals surface area contributed by atoms with Crippen LogP contribution >= 0.6 is 15.9 Å². The zero-order chi connectivity index (χ0) is 21.1. The van der Waals surface area contributed by atoms with Gasteiger partial charge in [-0.15, -0.1) is 4.72 Å². The number of rotatable bonds is 4. The molecule has 1 aromatic rings. The third-order valence-corrected chi connectivity index (χ3v) is 7.00. The normalized spacial score (nSPS) is 18.6. The van der Waals surface area contributed by atoms with E-state index in [1.165, 1.54) is 0 Å². The standard InChI is InChI=1S/C21H33BrN2O3S/c1-20(2,3)27-19(25)24-13-11-15(12-14-24)18(23-28(26)21(4,5)6)16-9-7-8-10-17(16)22/h7-10,15,18,23H,11-14H2,1-6H3/t18-,28-/m0/s1. The fraction of sp³-hybridized carbons (Fsp3) is 0.667. The van der Waals surface area contributed by atoms with E-state index in [0.29, 0.717) is 13.1 Å². The van der Waals surface area contributed by atoms with Crippen molar-refractivity contribution in [3.8, 4) is 0 Å². The summed E-state index contributed by atoms with van der Waals surface area (Å²) < 4.78 is 22.4. The second kappa shape index (κ2) is 9.37. The summed E-state index contributed by atoms with van der Waals surface area (Å²) in [5.74, 6) is 0.281. The van der Waals surface area contributed by atoms with Crippen LogP contribution in [0.5, 0.6) is 0 Å². The number of benzene rings is 1. The fourth-order valence-electron chi connectivity index (χ4n) is 3.17. The number of likely N-dealkylation sites (tertiary alicyclic amines) is 1. The summed E-state index contributed by atoms with van der Waals surface area (Å²) in [6.07, 6.45) is 1.41. The molecule has 0 aliphatic carbocycles. The minimum atomic E-state index is -1.18. The number of piperidine rings is 1. The highest BCUT2D eigenvalue weighted by atomic mass is 79.9. The van der Waals surface area contributed by atoms with Gasteiger partial charge in [0.15, 0.2) is 0 Å². The summed E-state index contributed by atoms with van der Waals surface area (Å²) in [6.45, 7) is 12.8. The molecule has 1 amide bonds. The predicted octanol–water partition coefficient (Wildman–Crippen LogP) is 5.19. The molecule has 5 nitrogen and oxygen atoms in total. The van der Waals surface area contributed by atoms with Crippen LogP contribution in [-0.2, 0) is 16.1 Å². The Morgan fingerprint density at radius 2 is 1.79 bits per heavy atom. The summed E-state index contributed by atoms with van der Waals surface area (Å²) in [7, 11) is 0. The number of hydrogen-bond donors (Lipinski definition) is 1. The number of ether oxygens (including phenoxy) is 1. The molecule has 1 N–H and O–H groups in total. The van der Waals surface area contributed by atoms with Crippen LogP contribution in [0.1, 0.15) is 66.0 Å².